The van der Waals surface area contributed by atoms with Gasteiger partial charge in [-0.2, -0.15) is 9.78 Å². The Hall–Kier alpha value is -3.86. The third-order valence-electron chi connectivity index (χ3n) is 5.22. The predicted octanol–water partition coefficient (Wildman–Crippen LogP) is 6.30. The highest BCUT2D eigenvalue weighted by molar-refractivity contribution is 6.00. The van der Waals surface area contributed by atoms with E-state index in [-0.39, 0.29) is 11.9 Å². The van der Waals surface area contributed by atoms with Gasteiger partial charge in [-0.1, -0.05) is 85.8 Å². The third kappa shape index (κ3) is 6.10. The van der Waals surface area contributed by atoms with Crippen LogP contribution in [0.1, 0.15) is 54.3 Å². The van der Waals surface area contributed by atoms with Crippen molar-refractivity contribution in [3.63, 3.8) is 0 Å². The van der Waals surface area contributed by atoms with E-state index in [1.165, 1.54) is 0 Å². The van der Waals surface area contributed by atoms with Gasteiger partial charge in [0.15, 0.2) is 0 Å². The minimum Gasteiger partial charge on any atom is -0.480 e. The van der Waals surface area contributed by atoms with Crippen molar-refractivity contribution in [2.24, 2.45) is 0 Å². The number of para-hydroxylation sites is 1. The van der Waals surface area contributed by atoms with E-state index in [9.17, 15) is 4.79 Å². The molecular formula is C28H31N3O2. The zero-order valence-electron chi connectivity index (χ0n) is 19.4. The minimum absolute atomic E-state index is 0.110. The molecule has 5 nitrogen and oxygen atoms in total. The number of benzene rings is 2. The van der Waals surface area contributed by atoms with Crippen molar-refractivity contribution in [1.29, 1.82) is 0 Å². The van der Waals surface area contributed by atoms with Crippen LogP contribution >= 0.6 is 0 Å². The zero-order valence-corrected chi connectivity index (χ0v) is 19.4. The molecule has 0 saturated heterocycles. The molecule has 33 heavy (non-hydrogen) atoms. The Bertz CT molecular complexity index is 1110. The van der Waals surface area contributed by atoms with Gasteiger partial charge in [0.25, 0.3) is 5.91 Å². The van der Waals surface area contributed by atoms with Gasteiger partial charge in [-0.25, -0.2) is 0 Å². The van der Waals surface area contributed by atoms with Gasteiger partial charge in [0, 0.05) is 0 Å². The van der Waals surface area contributed by atoms with Crippen LogP contribution in [0.4, 0.5) is 0 Å². The summed E-state index contributed by atoms with van der Waals surface area (Å²) in [5, 5.41) is 7.87. The molecule has 0 fully saturated rings. The van der Waals surface area contributed by atoms with Gasteiger partial charge in [-0.3, -0.25) is 4.79 Å². The van der Waals surface area contributed by atoms with Crippen LogP contribution in [0.3, 0.4) is 0 Å². The maximum Gasteiger partial charge on any atom is 0.259 e. The van der Waals surface area contributed by atoms with Gasteiger partial charge in [-0.15, -0.1) is 0 Å². The summed E-state index contributed by atoms with van der Waals surface area (Å²) >= 11 is 0. The van der Waals surface area contributed by atoms with Crippen LogP contribution in [0.15, 0.2) is 91.0 Å². The molecule has 0 saturated carbocycles. The van der Waals surface area contributed by atoms with E-state index >= 15 is 0 Å². The normalized spacial score (nSPS) is 12.6. The molecule has 1 amide bonds. The molecule has 170 valence electrons. The number of hydrogen-bond donors (Lipinski definition) is 1. The van der Waals surface area contributed by atoms with Crippen molar-refractivity contribution in [2.45, 2.75) is 32.7 Å². The number of nitrogens with one attached hydrogen (secondary N) is 1. The van der Waals surface area contributed by atoms with Crippen molar-refractivity contribution in [1.82, 2.24) is 15.1 Å². The van der Waals surface area contributed by atoms with Gasteiger partial charge in [0.2, 0.25) is 5.88 Å². The monoisotopic (exact) mass is 441 g/mol. The first-order chi connectivity index (χ1) is 16.2. The van der Waals surface area contributed by atoms with Gasteiger partial charge >= 0.3 is 0 Å². The number of nitrogens with zero attached hydrogens (tertiary/aromatic N) is 2. The molecule has 1 aromatic heterocycles. The van der Waals surface area contributed by atoms with Crippen molar-refractivity contribution in [3.8, 4) is 11.6 Å². The lowest BCUT2D eigenvalue weighted by atomic mass is 10.0. The zero-order chi connectivity index (χ0) is 23.5. The van der Waals surface area contributed by atoms with Crippen LogP contribution < -0.4 is 10.1 Å². The molecule has 3 aromatic rings. The Morgan fingerprint density at radius 1 is 1.06 bits per heavy atom. The summed E-state index contributed by atoms with van der Waals surface area (Å²) in [4.78, 5) is 13.5. The van der Waals surface area contributed by atoms with Crippen LogP contribution in [0.25, 0.3) is 11.8 Å². The Morgan fingerprint density at radius 2 is 1.76 bits per heavy atom. The van der Waals surface area contributed by atoms with Crippen LogP contribution in [0.5, 0.6) is 5.88 Å². The number of methoxy groups -OCH3 is 1. The van der Waals surface area contributed by atoms with Gasteiger partial charge < -0.3 is 10.1 Å². The molecule has 1 unspecified atom stereocenters. The lowest BCUT2D eigenvalue weighted by Crippen LogP contribution is -2.28. The average molecular weight is 442 g/mol. The number of amides is 1. The molecule has 2 aromatic carbocycles. The molecule has 1 atom stereocenters. The van der Waals surface area contributed by atoms with Gasteiger partial charge in [-0.05, 0) is 43.5 Å². The molecule has 0 spiro atoms. The number of ether oxygens (including phenoxy) is 1. The average Bonchev–Trinajstić information content (AvgIpc) is 3.24. The van der Waals surface area contributed by atoms with Crippen LogP contribution in [0, 0.1) is 0 Å². The van der Waals surface area contributed by atoms with Crippen LogP contribution in [-0.4, -0.2) is 22.8 Å². The summed E-state index contributed by atoms with van der Waals surface area (Å²) in [6.45, 7) is 4.05. The molecule has 1 N–H and O–H groups in total. The van der Waals surface area contributed by atoms with Crippen LogP contribution in [0.2, 0.25) is 0 Å². The highest BCUT2D eigenvalue weighted by Crippen LogP contribution is 2.28. The molecule has 1 heterocycles. The van der Waals surface area contributed by atoms with E-state index in [2.05, 4.69) is 18.3 Å². The Morgan fingerprint density at radius 3 is 2.39 bits per heavy atom. The molecule has 0 radical (unpaired) electrons. The van der Waals surface area contributed by atoms with Crippen molar-refractivity contribution >= 4 is 12.0 Å². The second-order valence-electron chi connectivity index (χ2n) is 7.45. The number of hydrogen-bond acceptors (Lipinski definition) is 3. The van der Waals surface area contributed by atoms with E-state index in [4.69, 9.17) is 9.84 Å². The first kappa shape index (κ1) is 23.8. The van der Waals surface area contributed by atoms with Gasteiger partial charge in [0.05, 0.1) is 18.8 Å². The Kier molecular flexibility index (Phi) is 8.83. The van der Waals surface area contributed by atoms with Crippen LogP contribution in [-0.2, 0) is 0 Å². The fourth-order valence-corrected chi connectivity index (χ4v) is 3.54. The second kappa shape index (κ2) is 12.2. The maximum atomic E-state index is 13.5. The summed E-state index contributed by atoms with van der Waals surface area (Å²) in [5.74, 6) is 0.182. The van der Waals surface area contributed by atoms with E-state index in [0.717, 1.165) is 24.1 Å². The van der Waals surface area contributed by atoms with E-state index in [0.29, 0.717) is 17.1 Å². The molecule has 0 aliphatic rings. The molecule has 3 rings (SSSR count). The predicted molar refractivity (Wildman–Crippen MR) is 135 cm³/mol. The quantitative estimate of drug-likeness (QED) is 0.297. The van der Waals surface area contributed by atoms with Crippen molar-refractivity contribution < 1.29 is 9.53 Å². The fraction of sp³-hybridized carbons (Fsp3) is 0.214. The third-order valence-corrected chi connectivity index (χ3v) is 5.22. The number of aromatic nitrogens is 2. The fourth-order valence-electron chi connectivity index (χ4n) is 3.54. The largest absolute Gasteiger partial charge is 0.480 e. The summed E-state index contributed by atoms with van der Waals surface area (Å²) in [5.41, 5.74) is 2.84. The molecule has 0 aliphatic heterocycles. The highest BCUT2D eigenvalue weighted by atomic mass is 16.5. The molecule has 0 bridgehead atoms. The summed E-state index contributed by atoms with van der Waals surface area (Å²) in [6.07, 6.45) is 13.4. The van der Waals surface area contributed by atoms with Gasteiger partial charge in [0.1, 0.15) is 11.3 Å². The number of allylic oxidation sites excluding steroid dienone is 5. The Labute approximate surface area is 196 Å². The SMILES string of the molecule is C/C=C\CC=C/C=C/c1nn(-c2ccccc2)c(OC)c1C(=O)NC(CC)c1ccccc1. The summed E-state index contributed by atoms with van der Waals surface area (Å²) in [6, 6.07) is 19.5. The number of rotatable bonds is 10. The minimum atomic E-state index is -0.220. The molecule has 0 aliphatic carbocycles. The maximum absolute atomic E-state index is 13.5. The summed E-state index contributed by atoms with van der Waals surface area (Å²) < 4.78 is 7.36. The summed E-state index contributed by atoms with van der Waals surface area (Å²) in [7, 11) is 1.56. The highest BCUT2D eigenvalue weighted by Gasteiger charge is 2.26. The lowest BCUT2D eigenvalue weighted by Gasteiger charge is -2.17. The number of carbonyl (C=O) groups is 1. The first-order valence-corrected chi connectivity index (χ1v) is 11.2. The van der Waals surface area contributed by atoms with Crippen molar-refractivity contribution in [3.05, 3.63) is 108 Å². The van der Waals surface area contributed by atoms with E-state index in [1.54, 1.807) is 11.8 Å². The lowest BCUT2D eigenvalue weighted by molar-refractivity contribution is 0.0932. The Balaban J connectivity index is 1.99. The number of carbonyl (C=O) groups excluding carboxylic acids is 1. The van der Waals surface area contributed by atoms with E-state index < -0.39 is 0 Å². The standard InChI is InChI=1S/C28H31N3O2/c1-4-6-7-8-9-16-21-25-26(27(32)29-24(5-2)22-17-12-10-13-18-22)28(33-3)31(30-25)23-19-14-11-15-20-23/h4,6,8-21,24H,5,7H2,1-3H3,(H,29,32)/b6-4-,9-8?,21-16+. The second-order valence-corrected chi connectivity index (χ2v) is 7.45. The molecule has 5 heteroatoms. The topological polar surface area (TPSA) is 56.2 Å². The smallest absolute Gasteiger partial charge is 0.259 e. The first-order valence-electron chi connectivity index (χ1n) is 11.2. The van der Waals surface area contributed by atoms with Crippen molar-refractivity contribution in [2.75, 3.05) is 7.11 Å². The van der Waals surface area contributed by atoms with E-state index in [1.807, 2.05) is 98.0 Å². The molecular weight excluding hydrogens is 410 g/mol.